The van der Waals surface area contributed by atoms with Crippen molar-refractivity contribution in [1.82, 2.24) is 5.32 Å². The lowest BCUT2D eigenvalue weighted by Gasteiger charge is -2.15. The minimum atomic E-state index is -3.00. The predicted molar refractivity (Wildman–Crippen MR) is 55.7 cm³/mol. The van der Waals surface area contributed by atoms with Gasteiger partial charge in [0.2, 0.25) is 5.91 Å². The number of alkyl halides is 2. The van der Waals surface area contributed by atoms with Crippen LogP contribution in [0.4, 0.5) is 8.78 Å². The second-order valence-corrected chi connectivity index (χ2v) is 3.93. The van der Waals surface area contributed by atoms with Crippen molar-refractivity contribution in [3.05, 3.63) is 0 Å². The van der Waals surface area contributed by atoms with Gasteiger partial charge >= 0.3 is 0 Å². The van der Waals surface area contributed by atoms with Crippen molar-refractivity contribution in [2.45, 2.75) is 39.0 Å². The molecule has 1 atom stereocenters. The molecular formula is C10H20F2N2O. The molecule has 0 saturated carbocycles. The van der Waals surface area contributed by atoms with Gasteiger partial charge in [0.15, 0.2) is 0 Å². The van der Waals surface area contributed by atoms with Gasteiger partial charge in [-0.25, -0.2) is 8.78 Å². The number of nitrogens with two attached hydrogens (primary N) is 1. The topological polar surface area (TPSA) is 55.1 Å². The van der Waals surface area contributed by atoms with Crippen LogP contribution in [-0.4, -0.2) is 24.9 Å². The summed E-state index contributed by atoms with van der Waals surface area (Å²) in [5, 5.41) is 2.19. The fourth-order valence-corrected chi connectivity index (χ4v) is 1.28. The van der Waals surface area contributed by atoms with Crippen molar-refractivity contribution in [2.24, 2.45) is 11.7 Å². The Morgan fingerprint density at radius 1 is 1.53 bits per heavy atom. The molecule has 0 aliphatic carbocycles. The molecule has 0 saturated heterocycles. The van der Waals surface area contributed by atoms with Gasteiger partial charge in [0, 0.05) is 6.42 Å². The molecule has 3 N–H and O–H groups in total. The Morgan fingerprint density at radius 3 is 2.60 bits per heavy atom. The van der Waals surface area contributed by atoms with Gasteiger partial charge in [-0.1, -0.05) is 26.7 Å². The molecule has 90 valence electrons. The molecule has 3 nitrogen and oxygen atoms in total. The smallest absolute Gasteiger partial charge is 0.277 e. The monoisotopic (exact) mass is 222 g/mol. The van der Waals surface area contributed by atoms with E-state index < -0.39 is 19.0 Å². The van der Waals surface area contributed by atoms with E-state index in [1.807, 2.05) is 13.8 Å². The summed E-state index contributed by atoms with van der Waals surface area (Å²) in [5.41, 5.74) is 4.84. The quantitative estimate of drug-likeness (QED) is 0.686. The molecule has 0 spiro atoms. The van der Waals surface area contributed by atoms with Crippen molar-refractivity contribution in [2.75, 3.05) is 13.1 Å². The Hall–Kier alpha value is -0.710. The molecule has 0 radical (unpaired) electrons. The number of halogens is 2. The van der Waals surface area contributed by atoms with Crippen LogP contribution in [0.25, 0.3) is 0 Å². The summed E-state index contributed by atoms with van der Waals surface area (Å²) in [7, 11) is 0. The van der Waals surface area contributed by atoms with E-state index in [4.69, 9.17) is 5.73 Å². The zero-order valence-corrected chi connectivity index (χ0v) is 9.35. The van der Waals surface area contributed by atoms with Crippen molar-refractivity contribution >= 4 is 5.91 Å². The highest BCUT2D eigenvalue weighted by Crippen LogP contribution is 2.11. The Labute approximate surface area is 89.4 Å². The maximum atomic E-state index is 12.7. The molecule has 15 heavy (non-hydrogen) atoms. The highest BCUT2D eigenvalue weighted by atomic mass is 19.3. The lowest BCUT2D eigenvalue weighted by Crippen LogP contribution is -2.41. The molecule has 0 aromatic rings. The van der Waals surface area contributed by atoms with E-state index in [-0.39, 0.29) is 11.8 Å². The van der Waals surface area contributed by atoms with E-state index in [9.17, 15) is 13.6 Å². The van der Waals surface area contributed by atoms with E-state index in [2.05, 4.69) is 5.32 Å². The van der Waals surface area contributed by atoms with Crippen LogP contribution in [0, 0.1) is 5.92 Å². The summed E-state index contributed by atoms with van der Waals surface area (Å²) in [6.45, 7) is 2.56. The summed E-state index contributed by atoms with van der Waals surface area (Å²) in [5.74, 6) is -3.09. The van der Waals surface area contributed by atoms with E-state index >= 15 is 0 Å². The van der Waals surface area contributed by atoms with Gasteiger partial charge in [-0.05, 0) is 5.92 Å². The molecule has 0 heterocycles. The van der Waals surface area contributed by atoms with Crippen LogP contribution in [0.1, 0.15) is 33.1 Å². The van der Waals surface area contributed by atoms with Crippen LogP contribution < -0.4 is 11.1 Å². The number of carbonyl (C=O) groups excluding carboxylic acids is 1. The summed E-state index contributed by atoms with van der Waals surface area (Å²) < 4.78 is 25.3. The largest absolute Gasteiger partial charge is 0.350 e. The van der Waals surface area contributed by atoms with Gasteiger partial charge < -0.3 is 11.1 Å². The molecule has 0 aromatic carbocycles. The number of nitrogens with one attached hydrogen (secondary N) is 1. The van der Waals surface area contributed by atoms with E-state index in [0.29, 0.717) is 6.42 Å². The Morgan fingerprint density at radius 2 is 2.13 bits per heavy atom. The van der Waals surface area contributed by atoms with E-state index in [0.717, 1.165) is 12.8 Å². The molecule has 1 unspecified atom stereocenters. The Kier molecular flexibility index (Phi) is 6.40. The highest BCUT2D eigenvalue weighted by molar-refractivity contribution is 5.76. The molecule has 1 amide bonds. The minimum absolute atomic E-state index is 0.237. The molecule has 5 heteroatoms. The first kappa shape index (κ1) is 14.3. The van der Waals surface area contributed by atoms with Crippen molar-refractivity contribution in [1.29, 1.82) is 0 Å². The fourth-order valence-electron chi connectivity index (χ4n) is 1.28. The van der Waals surface area contributed by atoms with E-state index in [1.165, 1.54) is 0 Å². The average molecular weight is 222 g/mol. The second kappa shape index (κ2) is 6.71. The summed E-state index contributed by atoms with van der Waals surface area (Å²) >= 11 is 0. The van der Waals surface area contributed by atoms with Crippen molar-refractivity contribution in [3.8, 4) is 0 Å². The molecule has 0 aliphatic heterocycles. The van der Waals surface area contributed by atoms with Gasteiger partial charge in [0.05, 0.1) is 13.1 Å². The molecule has 0 fully saturated rings. The second-order valence-electron chi connectivity index (χ2n) is 3.93. The standard InChI is InChI=1S/C10H20F2N2O/c1-3-4-8(2)5-9(15)14-7-10(11,12)6-13/h8H,3-7,13H2,1-2H3,(H,14,15). The molecular weight excluding hydrogens is 202 g/mol. The highest BCUT2D eigenvalue weighted by Gasteiger charge is 2.27. The van der Waals surface area contributed by atoms with Crippen LogP contribution >= 0.6 is 0 Å². The first-order valence-corrected chi connectivity index (χ1v) is 5.26. The lowest BCUT2D eigenvalue weighted by atomic mass is 10.0. The first-order valence-electron chi connectivity index (χ1n) is 5.26. The minimum Gasteiger partial charge on any atom is -0.350 e. The molecule has 0 bridgehead atoms. The Bertz CT molecular complexity index is 198. The SMILES string of the molecule is CCCC(C)CC(=O)NCC(F)(F)CN. The van der Waals surface area contributed by atoms with E-state index in [1.54, 1.807) is 0 Å². The van der Waals surface area contributed by atoms with Crippen LogP contribution in [-0.2, 0) is 4.79 Å². The third kappa shape index (κ3) is 7.25. The number of carbonyl (C=O) groups is 1. The van der Waals surface area contributed by atoms with Gasteiger partial charge in [-0.15, -0.1) is 0 Å². The zero-order valence-electron chi connectivity index (χ0n) is 9.35. The number of hydrogen-bond acceptors (Lipinski definition) is 2. The summed E-state index contributed by atoms with van der Waals surface area (Å²) in [6.07, 6.45) is 2.22. The van der Waals surface area contributed by atoms with Crippen LogP contribution in [0.2, 0.25) is 0 Å². The Balaban J connectivity index is 3.75. The van der Waals surface area contributed by atoms with Gasteiger partial charge in [0.1, 0.15) is 0 Å². The zero-order chi connectivity index (χ0) is 11.9. The third-order valence-corrected chi connectivity index (χ3v) is 2.16. The molecule has 0 aromatic heterocycles. The first-order chi connectivity index (χ1) is 6.91. The summed E-state index contributed by atoms with van der Waals surface area (Å²) in [6, 6.07) is 0. The van der Waals surface area contributed by atoms with Crippen LogP contribution in [0.5, 0.6) is 0 Å². The number of hydrogen-bond donors (Lipinski definition) is 2. The molecule has 0 rings (SSSR count). The van der Waals surface area contributed by atoms with Gasteiger partial charge in [0.25, 0.3) is 5.92 Å². The van der Waals surface area contributed by atoms with Crippen molar-refractivity contribution < 1.29 is 13.6 Å². The normalized spacial score (nSPS) is 13.7. The number of amides is 1. The predicted octanol–water partition coefficient (Wildman–Crippen LogP) is 1.52. The summed E-state index contributed by atoms with van der Waals surface area (Å²) in [4.78, 5) is 11.2. The third-order valence-electron chi connectivity index (χ3n) is 2.16. The molecule has 0 aliphatic rings. The number of rotatable bonds is 7. The van der Waals surface area contributed by atoms with Crippen molar-refractivity contribution in [3.63, 3.8) is 0 Å². The van der Waals surface area contributed by atoms with Crippen LogP contribution in [0.3, 0.4) is 0 Å². The maximum Gasteiger partial charge on any atom is 0.277 e. The average Bonchev–Trinajstić information content (AvgIpc) is 2.15. The fraction of sp³-hybridized carbons (Fsp3) is 0.900. The van der Waals surface area contributed by atoms with Gasteiger partial charge in [-0.2, -0.15) is 0 Å². The van der Waals surface area contributed by atoms with Crippen LogP contribution in [0.15, 0.2) is 0 Å². The lowest BCUT2D eigenvalue weighted by molar-refractivity contribution is -0.123. The van der Waals surface area contributed by atoms with Gasteiger partial charge in [-0.3, -0.25) is 4.79 Å². The maximum absolute atomic E-state index is 12.7.